The summed E-state index contributed by atoms with van der Waals surface area (Å²) in [5, 5.41) is 7.29. The smallest absolute Gasteiger partial charge is 0.316 e. The van der Waals surface area contributed by atoms with E-state index >= 15 is 0 Å². The number of urea groups is 1. The molecule has 10 nitrogen and oxygen atoms in total. The van der Waals surface area contributed by atoms with E-state index in [4.69, 9.17) is 10.6 Å². The lowest BCUT2D eigenvalue weighted by molar-refractivity contribution is -0.128. The van der Waals surface area contributed by atoms with Crippen LogP contribution in [0.4, 0.5) is 4.79 Å². The number of carbonyl (C=O) groups excluding carboxylic acids is 4. The van der Waals surface area contributed by atoms with Crippen molar-refractivity contribution in [1.29, 1.82) is 0 Å². The van der Waals surface area contributed by atoms with Gasteiger partial charge < -0.3 is 20.7 Å². The molecule has 6 N–H and O–H groups in total. The molecule has 4 amide bonds. The van der Waals surface area contributed by atoms with Crippen molar-refractivity contribution in [3.05, 3.63) is 0 Å². The van der Waals surface area contributed by atoms with E-state index in [0.29, 0.717) is 13.2 Å². The number of rotatable bonds is 12. The molecule has 0 saturated carbocycles. The molecule has 0 aliphatic carbocycles. The Morgan fingerprint density at radius 3 is 2.24 bits per heavy atom. The van der Waals surface area contributed by atoms with Gasteiger partial charge in [0, 0.05) is 13.2 Å². The minimum absolute atomic E-state index is 0.0345. The van der Waals surface area contributed by atoms with Gasteiger partial charge in [0.05, 0.1) is 13.0 Å². The summed E-state index contributed by atoms with van der Waals surface area (Å²) in [7, 11) is 0. The molecule has 0 aromatic carbocycles. The molecular weight excluding hydrogens is 330 g/mol. The fourth-order valence-corrected chi connectivity index (χ4v) is 1.83. The molecule has 0 aromatic heterocycles. The average molecular weight is 359 g/mol. The molecule has 25 heavy (non-hydrogen) atoms. The predicted octanol–water partition coefficient (Wildman–Crippen LogP) is -1.06. The molecule has 144 valence electrons. The number of nitrogens with two attached hydrogens (primary N) is 1. The van der Waals surface area contributed by atoms with Gasteiger partial charge in [0.15, 0.2) is 5.78 Å². The standard InChI is InChI=1S/C15H29N5O5/c1-4-6-7-25-9-12(10(3)21)19-15(24)18-11(14(23)20-16)8-13(22)17-5-2/h11-12H,4-9,16H2,1-3H3,(H,17,22)(H,20,23)(H2,18,19,24)/t11-,12-/m1/s1. The largest absolute Gasteiger partial charge is 0.379 e. The van der Waals surface area contributed by atoms with E-state index in [2.05, 4.69) is 16.0 Å². The van der Waals surface area contributed by atoms with Gasteiger partial charge >= 0.3 is 6.03 Å². The van der Waals surface area contributed by atoms with E-state index in [1.165, 1.54) is 6.92 Å². The first kappa shape index (κ1) is 22.8. The number of unbranched alkanes of at least 4 members (excludes halogenated alkanes) is 1. The Morgan fingerprint density at radius 2 is 1.72 bits per heavy atom. The normalized spacial score (nSPS) is 12.6. The Hall–Kier alpha value is -2.20. The SMILES string of the molecule is CCCCOC[C@@H](NC(=O)N[C@H](CC(=O)NCC)C(=O)NN)C(C)=O. The lowest BCUT2D eigenvalue weighted by Gasteiger charge is -2.20. The molecule has 0 spiro atoms. The number of nitrogens with one attached hydrogen (secondary N) is 4. The Kier molecular flexibility index (Phi) is 12.0. The Morgan fingerprint density at radius 1 is 1.08 bits per heavy atom. The number of carbonyl (C=O) groups is 4. The van der Waals surface area contributed by atoms with E-state index < -0.39 is 29.9 Å². The highest BCUT2D eigenvalue weighted by molar-refractivity contribution is 5.92. The maximum absolute atomic E-state index is 12.0. The van der Waals surface area contributed by atoms with Crippen LogP contribution in [0.25, 0.3) is 0 Å². The van der Waals surface area contributed by atoms with Crippen molar-refractivity contribution in [2.24, 2.45) is 5.84 Å². The van der Waals surface area contributed by atoms with Crippen LogP contribution in [0.5, 0.6) is 0 Å². The average Bonchev–Trinajstić information content (AvgIpc) is 2.56. The summed E-state index contributed by atoms with van der Waals surface area (Å²) in [4.78, 5) is 46.9. The van der Waals surface area contributed by atoms with Crippen LogP contribution in [-0.4, -0.2) is 55.5 Å². The molecule has 10 heteroatoms. The number of hydrogen-bond acceptors (Lipinski definition) is 6. The lowest BCUT2D eigenvalue weighted by atomic mass is 10.2. The Labute approximate surface area is 147 Å². The third-order valence-corrected chi connectivity index (χ3v) is 3.25. The van der Waals surface area contributed by atoms with Gasteiger partial charge in [-0.3, -0.25) is 19.8 Å². The number of hydrazine groups is 1. The second kappa shape index (κ2) is 13.1. The molecule has 0 radical (unpaired) electrons. The van der Waals surface area contributed by atoms with Crippen LogP contribution >= 0.6 is 0 Å². The topological polar surface area (TPSA) is 152 Å². The molecule has 0 fully saturated rings. The fraction of sp³-hybridized carbons (Fsp3) is 0.733. The van der Waals surface area contributed by atoms with Crippen molar-refractivity contribution in [3.63, 3.8) is 0 Å². The van der Waals surface area contributed by atoms with Crippen LogP contribution in [-0.2, 0) is 19.1 Å². The van der Waals surface area contributed by atoms with Crippen LogP contribution in [0.1, 0.15) is 40.0 Å². The van der Waals surface area contributed by atoms with Gasteiger partial charge in [0.1, 0.15) is 12.1 Å². The molecule has 0 aromatic rings. The number of hydrogen-bond donors (Lipinski definition) is 5. The van der Waals surface area contributed by atoms with Gasteiger partial charge in [-0.05, 0) is 20.3 Å². The predicted molar refractivity (Wildman–Crippen MR) is 91.3 cm³/mol. The minimum atomic E-state index is -1.16. The van der Waals surface area contributed by atoms with Crippen LogP contribution in [0.2, 0.25) is 0 Å². The Balaban J connectivity index is 4.65. The second-order valence-electron chi connectivity index (χ2n) is 5.43. The van der Waals surface area contributed by atoms with E-state index in [1.54, 1.807) is 6.92 Å². The zero-order valence-electron chi connectivity index (χ0n) is 15.0. The quantitative estimate of drug-likeness (QED) is 0.130. The van der Waals surface area contributed by atoms with Crippen LogP contribution < -0.4 is 27.2 Å². The van der Waals surface area contributed by atoms with Gasteiger partial charge in [-0.25, -0.2) is 10.6 Å². The van der Waals surface area contributed by atoms with Crippen molar-refractivity contribution < 1.29 is 23.9 Å². The summed E-state index contributed by atoms with van der Waals surface area (Å²) in [6.07, 6.45) is 1.53. The third kappa shape index (κ3) is 10.3. The summed E-state index contributed by atoms with van der Waals surface area (Å²) in [5.74, 6) is 3.65. The number of ketones is 1. The van der Waals surface area contributed by atoms with Crippen LogP contribution in [0.15, 0.2) is 0 Å². The number of ether oxygens (including phenoxy) is 1. The fourth-order valence-electron chi connectivity index (χ4n) is 1.83. The summed E-state index contributed by atoms with van der Waals surface area (Å²) >= 11 is 0. The third-order valence-electron chi connectivity index (χ3n) is 3.25. The summed E-state index contributed by atoms with van der Waals surface area (Å²) < 4.78 is 5.34. The van der Waals surface area contributed by atoms with Crippen molar-refractivity contribution in [2.75, 3.05) is 19.8 Å². The minimum Gasteiger partial charge on any atom is -0.379 e. The van der Waals surface area contributed by atoms with Gasteiger partial charge in [-0.1, -0.05) is 13.3 Å². The van der Waals surface area contributed by atoms with Crippen molar-refractivity contribution in [2.45, 2.75) is 52.1 Å². The molecule has 0 unspecified atom stereocenters. The molecule has 0 saturated heterocycles. The first-order valence-corrected chi connectivity index (χ1v) is 8.28. The second-order valence-corrected chi connectivity index (χ2v) is 5.43. The molecule has 0 bridgehead atoms. The zero-order chi connectivity index (χ0) is 19.2. The monoisotopic (exact) mass is 359 g/mol. The maximum Gasteiger partial charge on any atom is 0.316 e. The van der Waals surface area contributed by atoms with Crippen molar-refractivity contribution >= 4 is 23.6 Å². The van der Waals surface area contributed by atoms with Gasteiger partial charge in [0.25, 0.3) is 5.91 Å². The number of Topliss-reactive ketones (excluding diaryl/α,β-unsaturated/α-hetero) is 1. The van der Waals surface area contributed by atoms with Crippen molar-refractivity contribution in [1.82, 2.24) is 21.4 Å². The number of amides is 4. The van der Waals surface area contributed by atoms with Crippen LogP contribution in [0, 0.1) is 0 Å². The highest BCUT2D eigenvalue weighted by Crippen LogP contribution is 1.96. The summed E-state index contributed by atoms with van der Waals surface area (Å²) in [6.45, 7) is 5.98. The molecule has 0 aliphatic rings. The first-order valence-electron chi connectivity index (χ1n) is 8.28. The first-order chi connectivity index (χ1) is 11.8. The molecule has 2 atom stereocenters. The molecule has 0 aliphatic heterocycles. The van der Waals surface area contributed by atoms with Gasteiger partial charge in [0.2, 0.25) is 5.91 Å². The van der Waals surface area contributed by atoms with E-state index in [0.717, 1.165) is 12.8 Å². The Bertz CT molecular complexity index is 458. The zero-order valence-corrected chi connectivity index (χ0v) is 15.0. The molecule has 0 rings (SSSR count). The highest BCUT2D eigenvalue weighted by Gasteiger charge is 2.25. The highest BCUT2D eigenvalue weighted by atomic mass is 16.5. The summed E-state index contributed by atoms with van der Waals surface area (Å²) in [6, 6.07) is -2.77. The maximum atomic E-state index is 12.0. The van der Waals surface area contributed by atoms with E-state index in [-0.39, 0.29) is 18.8 Å². The van der Waals surface area contributed by atoms with E-state index in [9.17, 15) is 19.2 Å². The van der Waals surface area contributed by atoms with Gasteiger partial charge in [-0.15, -0.1) is 0 Å². The van der Waals surface area contributed by atoms with Crippen LogP contribution in [0.3, 0.4) is 0 Å². The molecular formula is C15H29N5O5. The van der Waals surface area contributed by atoms with Crippen molar-refractivity contribution in [3.8, 4) is 0 Å². The van der Waals surface area contributed by atoms with E-state index in [1.807, 2.05) is 12.3 Å². The lowest BCUT2D eigenvalue weighted by Crippen LogP contribution is -2.56. The summed E-state index contributed by atoms with van der Waals surface area (Å²) in [5.41, 5.74) is 1.89. The van der Waals surface area contributed by atoms with Gasteiger partial charge in [-0.2, -0.15) is 0 Å². The molecule has 0 heterocycles.